The molecular formula is C14H12Cl2N2O3S. The first-order valence-electron chi connectivity index (χ1n) is 6.09. The number of sulfonamides is 1. The van der Waals surface area contributed by atoms with Crippen LogP contribution in [0, 0.1) is 0 Å². The van der Waals surface area contributed by atoms with E-state index in [9.17, 15) is 13.2 Å². The lowest BCUT2D eigenvalue weighted by Crippen LogP contribution is -2.14. The van der Waals surface area contributed by atoms with Crippen LogP contribution in [0.4, 0.5) is 11.4 Å². The van der Waals surface area contributed by atoms with Crippen molar-refractivity contribution in [3.05, 3.63) is 58.1 Å². The van der Waals surface area contributed by atoms with Crippen LogP contribution >= 0.6 is 23.2 Å². The summed E-state index contributed by atoms with van der Waals surface area (Å²) in [4.78, 5) is 12.2. The van der Waals surface area contributed by atoms with Crippen LogP contribution in [-0.2, 0) is 10.0 Å². The average Bonchev–Trinajstić information content (AvgIpc) is 2.39. The summed E-state index contributed by atoms with van der Waals surface area (Å²) < 4.78 is 24.6. The molecule has 0 saturated carbocycles. The maximum atomic E-state index is 12.2. The Morgan fingerprint density at radius 3 is 2.32 bits per heavy atom. The van der Waals surface area contributed by atoms with Gasteiger partial charge in [-0.1, -0.05) is 35.3 Å². The Kier molecular flexibility index (Phi) is 4.95. The van der Waals surface area contributed by atoms with E-state index in [1.807, 2.05) is 0 Å². The second-order valence-electron chi connectivity index (χ2n) is 4.50. The number of hydrogen-bond donors (Lipinski definition) is 2. The molecule has 0 spiro atoms. The molecule has 0 aliphatic heterocycles. The third-order valence-corrected chi connectivity index (χ3v) is 3.89. The van der Waals surface area contributed by atoms with Gasteiger partial charge in [0.15, 0.2) is 0 Å². The van der Waals surface area contributed by atoms with Crippen molar-refractivity contribution in [2.75, 3.05) is 16.3 Å². The maximum absolute atomic E-state index is 12.2. The van der Waals surface area contributed by atoms with Crippen molar-refractivity contribution in [2.45, 2.75) is 0 Å². The van der Waals surface area contributed by atoms with E-state index in [1.54, 1.807) is 24.3 Å². The van der Waals surface area contributed by atoms with Gasteiger partial charge in [0, 0.05) is 5.69 Å². The predicted molar refractivity (Wildman–Crippen MR) is 89.3 cm³/mol. The normalized spacial score (nSPS) is 11.0. The second-order valence-corrected chi connectivity index (χ2v) is 7.07. The highest BCUT2D eigenvalue weighted by Gasteiger charge is 2.13. The third kappa shape index (κ3) is 4.37. The second kappa shape index (κ2) is 6.56. The van der Waals surface area contributed by atoms with E-state index < -0.39 is 15.9 Å². The summed E-state index contributed by atoms with van der Waals surface area (Å²) in [5, 5.41) is 3.17. The zero-order valence-corrected chi connectivity index (χ0v) is 13.8. The van der Waals surface area contributed by atoms with E-state index in [2.05, 4.69) is 10.0 Å². The van der Waals surface area contributed by atoms with E-state index in [0.717, 1.165) is 6.26 Å². The molecule has 0 aromatic heterocycles. The van der Waals surface area contributed by atoms with Crippen LogP contribution in [0.2, 0.25) is 10.0 Å². The van der Waals surface area contributed by atoms with Crippen molar-refractivity contribution in [1.29, 1.82) is 0 Å². The number of benzene rings is 2. The van der Waals surface area contributed by atoms with Gasteiger partial charge in [0.2, 0.25) is 10.0 Å². The highest BCUT2D eigenvalue weighted by atomic mass is 35.5. The van der Waals surface area contributed by atoms with Crippen LogP contribution in [0.25, 0.3) is 0 Å². The third-order valence-electron chi connectivity index (χ3n) is 2.64. The Bertz CT molecular complexity index is 823. The molecule has 0 atom stereocenters. The summed E-state index contributed by atoms with van der Waals surface area (Å²) in [5.74, 6) is -0.441. The lowest BCUT2D eigenvalue weighted by atomic mass is 10.2. The van der Waals surface area contributed by atoms with Crippen LogP contribution in [0.15, 0.2) is 42.5 Å². The number of amides is 1. The van der Waals surface area contributed by atoms with Gasteiger partial charge in [-0.3, -0.25) is 9.52 Å². The summed E-state index contributed by atoms with van der Waals surface area (Å²) in [5.41, 5.74) is 0.950. The molecule has 0 aliphatic carbocycles. The largest absolute Gasteiger partial charge is 0.321 e. The van der Waals surface area contributed by atoms with E-state index in [4.69, 9.17) is 23.2 Å². The van der Waals surface area contributed by atoms with Gasteiger partial charge in [0.25, 0.3) is 5.91 Å². The number of para-hydroxylation sites is 1. The molecule has 1 amide bonds. The fourth-order valence-electron chi connectivity index (χ4n) is 1.73. The van der Waals surface area contributed by atoms with Crippen molar-refractivity contribution >= 4 is 50.5 Å². The highest BCUT2D eigenvalue weighted by Crippen LogP contribution is 2.25. The highest BCUT2D eigenvalue weighted by molar-refractivity contribution is 7.92. The van der Waals surface area contributed by atoms with Crippen molar-refractivity contribution < 1.29 is 13.2 Å². The topological polar surface area (TPSA) is 75.3 Å². The van der Waals surface area contributed by atoms with Gasteiger partial charge in [-0.25, -0.2) is 8.42 Å². The molecule has 2 aromatic rings. The molecule has 2 N–H and O–H groups in total. The lowest BCUT2D eigenvalue weighted by molar-refractivity contribution is 0.102. The summed E-state index contributed by atoms with van der Waals surface area (Å²) >= 11 is 12.0. The number of rotatable bonds is 4. The Morgan fingerprint density at radius 2 is 1.73 bits per heavy atom. The maximum Gasteiger partial charge on any atom is 0.257 e. The van der Waals surface area contributed by atoms with Gasteiger partial charge in [-0.05, 0) is 30.3 Å². The van der Waals surface area contributed by atoms with Crippen LogP contribution in [-0.4, -0.2) is 20.6 Å². The van der Waals surface area contributed by atoms with Crippen LogP contribution in [0.3, 0.4) is 0 Å². The minimum atomic E-state index is -3.41. The molecule has 0 bridgehead atoms. The van der Waals surface area contributed by atoms with Gasteiger partial charge in [-0.15, -0.1) is 0 Å². The monoisotopic (exact) mass is 358 g/mol. The van der Waals surface area contributed by atoms with Crippen molar-refractivity contribution in [1.82, 2.24) is 0 Å². The predicted octanol–water partition coefficient (Wildman–Crippen LogP) is 3.62. The first kappa shape index (κ1) is 16.6. The first-order valence-corrected chi connectivity index (χ1v) is 8.74. The molecule has 5 nitrogen and oxygen atoms in total. The van der Waals surface area contributed by atoms with E-state index >= 15 is 0 Å². The average molecular weight is 359 g/mol. The van der Waals surface area contributed by atoms with E-state index in [0.29, 0.717) is 10.7 Å². The minimum absolute atomic E-state index is 0.123. The quantitative estimate of drug-likeness (QED) is 0.876. The fourth-order valence-corrected chi connectivity index (χ4v) is 2.73. The number of hydrogen-bond acceptors (Lipinski definition) is 3. The Hall–Kier alpha value is -1.76. The molecule has 0 heterocycles. The molecule has 0 fully saturated rings. The molecule has 0 radical (unpaired) electrons. The fraction of sp³-hybridized carbons (Fsp3) is 0.0714. The minimum Gasteiger partial charge on any atom is -0.321 e. The first-order chi connectivity index (χ1) is 10.3. The zero-order valence-electron chi connectivity index (χ0n) is 11.4. The number of carbonyl (C=O) groups is 1. The van der Waals surface area contributed by atoms with Crippen molar-refractivity contribution in [2.24, 2.45) is 0 Å². The molecule has 0 unspecified atom stereocenters. The van der Waals surface area contributed by atoms with E-state index in [1.165, 1.54) is 18.2 Å². The van der Waals surface area contributed by atoms with Crippen molar-refractivity contribution in [3.63, 3.8) is 0 Å². The summed E-state index contributed by atoms with van der Waals surface area (Å²) in [7, 11) is -3.41. The summed E-state index contributed by atoms with van der Waals surface area (Å²) in [6.45, 7) is 0. The van der Waals surface area contributed by atoms with Gasteiger partial charge >= 0.3 is 0 Å². The summed E-state index contributed by atoms with van der Waals surface area (Å²) in [6.07, 6.45) is 1.03. The molecule has 2 rings (SSSR count). The van der Waals surface area contributed by atoms with Gasteiger partial charge in [-0.2, -0.15) is 0 Å². The molecule has 0 aliphatic rings. The lowest BCUT2D eigenvalue weighted by Gasteiger charge is -2.10. The zero-order chi connectivity index (χ0) is 16.3. The van der Waals surface area contributed by atoms with Crippen LogP contribution < -0.4 is 10.0 Å². The molecular weight excluding hydrogens is 347 g/mol. The molecule has 116 valence electrons. The number of nitrogens with one attached hydrogen (secondary N) is 2. The van der Waals surface area contributed by atoms with Gasteiger partial charge in [0.1, 0.15) is 0 Å². The van der Waals surface area contributed by atoms with Gasteiger partial charge in [0.05, 0.1) is 27.6 Å². The standard InChI is InChI=1S/C14H12Cl2N2O3S/c1-22(20,21)18-9-6-7-10(12(16)8-9)14(19)17-13-5-3-2-4-11(13)15/h2-8,18H,1H3,(H,17,19). The Morgan fingerprint density at radius 1 is 1.05 bits per heavy atom. The molecule has 22 heavy (non-hydrogen) atoms. The van der Waals surface area contributed by atoms with Crippen molar-refractivity contribution in [3.8, 4) is 0 Å². The molecule has 8 heteroatoms. The van der Waals surface area contributed by atoms with Crippen LogP contribution in [0.5, 0.6) is 0 Å². The number of halogens is 2. The number of carbonyl (C=O) groups excluding carboxylic acids is 1. The smallest absolute Gasteiger partial charge is 0.257 e. The van der Waals surface area contributed by atoms with Crippen LogP contribution in [0.1, 0.15) is 10.4 Å². The SMILES string of the molecule is CS(=O)(=O)Nc1ccc(C(=O)Nc2ccccc2Cl)c(Cl)c1. The molecule has 2 aromatic carbocycles. The number of anilines is 2. The van der Waals surface area contributed by atoms with Gasteiger partial charge < -0.3 is 5.32 Å². The Labute approximate surface area is 138 Å². The van der Waals surface area contributed by atoms with E-state index in [-0.39, 0.29) is 16.3 Å². The Balaban J connectivity index is 2.22. The molecule has 0 saturated heterocycles. The summed E-state index contributed by atoms with van der Waals surface area (Å²) in [6, 6.07) is 11.0.